The zero-order valence-electron chi connectivity index (χ0n) is 39.1. The lowest BCUT2D eigenvalue weighted by Crippen LogP contribution is -1.99. The van der Waals surface area contributed by atoms with E-state index in [0.717, 1.165) is 137 Å². The Kier molecular flexibility index (Phi) is 12.5. The predicted molar refractivity (Wildman–Crippen MR) is 278 cm³/mol. The Balaban J connectivity index is 0.761. The first-order chi connectivity index (χ1) is 34.9. The van der Waals surface area contributed by atoms with Crippen LogP contribution in [-0.4, -0.2) is 54.8 Å². The van der Waals surface area contributed by atoms with Crippen LogP contribution in [0.5, 0.6) is 0 Å². The standard InChI is InChI=1S/C60H45N11/c1-39-26-43(34-61-31-39)51-14-6-16-53(68-51)45-28-42(33-63-36-45)29-49-12-5-13-50(67-49)46-30-47(38-64-37-46)54-17-7-15-52(69-54)44-27-41(32-62-35-44)24-25-48-11-4-19-56(66-48)58-21-9-23-60(71-58)59-22-8-20-57(70-59)55-18-3-10-40(2)65-55/h3-23,26-28,30-38H,24-25,29H2,1-2H3. The summed E-state index contributed by atoms with van der Waals surface area (Å²) in [7, 11) is 0. The zero-order chi connectivity index (χ0) is 47.9. The lowest BCUT2D eigenvalue weighted by Gasteiger charge is -2.10. The van der Waals surface area contributed by atoms with Gasteiger partial charge in [0.05, 0.1) is 62.6 Å². The molecule has 11 aromatic heterocycles. The summed E-state index contributed by atoms with van der Waals surface area (Å²) in [4.78, 5) is 52.9. The molecule has 0 bridgehead atoms. The quantitative estimate of drug-likeness (QED) is 0.109. The Hall–Kier alpha value is -9.35. The highest BCUT2D eigenvalue weighted by atomic mass is 14.8. The average Bonchev–Trinajstić information content (AvgIpc) is 3.43. The SMILES string of the molecule is Cc1cncc(-c2cccc(-c3cncc(Cc4cccc(-c5cncc(-c6cccc(-c7cncc(CCc8cccc(-c9cccc(-c%10cccc(-c%11cccc(C)n%11)n%10)n9)n8)c7)n6)c5)n4)c3)n2)c1. The van der Waals surface area contributed by atoms with Crippen molar-refractivity contribution in [2.45, 2.75) is 33.1 Å². The highest BCUT2D eigenvalue weighted by molar-refractivity contribution is 5.71. The van der Waals surface area contributed by atoms with Crippen molar-refractivity contribution < 1.29 is 0 Å². The molecule has 0 saturated carbocycles. The van der Waals surface area contributed by atoms with Gasteiger partial charge in [0, 0.05) is 101 Å². The van der Waals surface area contributed by atoms with Gasteiger partial charge < -0.3 is 0 Å². The maximum Gasteiger partial charge on any atom is 0.0894 e. The van der Waals surface area contributed by atoms with Crippen molar-refractivity contribution in [1.82, 2.24) is 54.8 Å². The number of aryl methyl sites for hydroxylation is 4. The molecule has 11 heterocycles. The zero-order valence-corrected chi connectivity index (χ0v) is 39.1. The summed E-state index contributed by atoms with van der Waals surface area (Å²) >= 11 is 0. The molecule has 340 valence electrons. The number of rotatable bonds is 13. The first kappa shape index (κ1) is 44.2. The molecule has 0 aliphatic rings. The molecule has 11 rings (SSSR count). The van der Waals surface area contributed by atoms with Crippen molar-refractivity contribution in [1.29, 1.82) is 0 Å². The molecule has 0 radical (unpaired) electrons. The van der Waals surface area contributed by atoms with Crippen molar-refractivity contribution in [3.63, 3.8) is 0 Å². The maximum atomic E-state index is 5.10. The van der Waals surface area contributed by atoms with Gasteiger partial charge in [0.25, 0.3) is 0 Å². The number of aromatic nitrogens is 11. The molecule has 0 aromatic carbocycles. The molecule has 0 atom stereocenters. The molecule has 0 unspecified atom stereocenters. The third-order valence-corrected chi connectivity index (χ3v) is 12.0. The molecule has 11 heteroatoms. The van der Waals surface area contributed by atoms with Crippen LogP contribution < -0.4 is 0 Å². The molecule has 0 N–H and O–H groups in total. The third-order valence-electron chi connectivity index (χ3n) is 12.0. The first-order valence-electron chi connectivity index (χ1n) is 23.4. The van der Waals surface area contributed by atoms with E-state index in [1.807, 2.05) is 185 Å². The van der Waals surface area contributed by atoms with Gasteiger partial charge in [0.15, 0.2) is 0 Å². The Morgan fingerprint density at radius 1 is 0.282 bits per heavy atom. The van der Waals surface area contributed by atoms with Crippen LogP contribution in [0.15, 0.2) is 201 Å². The monoisotopic (exact) mass is 919 g/mol. The number of pyridine rings is 11. The van der Waals surface area contributed by atoms with Gasteiger partial charge in [-0.2, -0.15) is 0 Å². The van der Waals surface area contributed by atoms with Crippen LogP contribution in [0.1, 0.15) is 33.8 Å². The van der Waals surface area contributed by atoms with E-state index >= 15 is 0 Å². The van der Waals surface area contributed by atoms with E-state index < -0.39 is 0 Å². The van der Waals surface area contributed by atoms with Gasteiger partial charge in [-0.15, -0.1) is 0 Å². The summed E-state index contributed by atoms with van der Waals surface area (Å²) in [6.07, 6.45) is 17.0. The molecule has 0 spiro atoms. The topological polar surface area (TPSA) is 142 Å². The largest absolute Gasteiger partial charge is 0.264 e. The second kappa shape index (κ2) is 20.1. The smallest absolute Gasteiger partial charge is 0.0894 e. The van der Waals surface area contributed by atoms with E-state index in [2.05, 4.69) is 55.3 Å². The van der Waals surface area contributed by atoms with Gasteiger partial charge in [-0.25, -0.2) is 19.9 Å². The summed E-state index contributed by atoms with van der Waals surface area (Å²) in [5.41, 5.74) is 19.7. The van der Waals surface area contributed by atoms with E-state index in [1.165, 1.54) is 0 Å². The van der Waals surface area contributed by atoms with Crippen molar-refractivity contribution in [2.75, 3.05) is 0 Å². The molecular formula is C60H45N11. The molecular weight excluding hydrogens is 875 g/mol. The van der Waals surface area contributed by atoms with Crippen LogP contribution in [0.25, 0.3) is 90.5 Å². The van der Waals surface area contributed by atoms with E-state index in [4.69, 9.17) is 29.9 Å². The van der Waals surface area contributed by atoms with E-state index in [9.17, 15) is 0 Å². The van der Waals surface area contributed by atoms with Gasteiger partial charge >= 0.3 is 0 Å². The van der Waals surface area contributed by atoms with E-state index in [1.54, 1.807) is 0 Å². The highest BCUT2D eigenvalue weighted by Gasteiger charge is 2.13. The van der Waals surface area contributed by atoms with E-state index in [0.29, 0.717) is 6.42 Å². The van der Waals surface area contributed by atoms with Crippen molar-refractivity contribution in [3.8, 4) is 90.5 Å². The van der Waals surface area contributed by atoms with Crippen LogP contribution in [-0.2, 0) is 19.3 Å². The molecule has 11 nitrogen and oxygen atoms in total. The second-order valence-corrected chi connectivity index (χ2v) is 17.4. The summed E-state index contributed by atoms with van der Waals surface area (Å²) < 4.78 is 0. The van der Waals surface area contributed by atoms with Crippen molar-refractivity contribution in [3.05, 3.63) is 235 Å². The summed E-state index contributed by atoms with van der Waals surface area (Å²) in [6, 6.07) is 50.6. The molecule has 0 aliphatic carbocycles. The summed E-state index contributed by atoms with van der Waals surface area (Å²) in [5, 5.41) is 0. The molecule has 11 aromatic rings. The van der Waals surface area contributed by atoms with Crippen LogP contribution in [0.2, 0.25) is 0 Å². The highest BCUT2D eigenvalue weighted by Crippen LogP contribution is 2.29. The lowest BCUT2D eigenvalue weighted by molar-refractivity contribution is 0.908. The van der Waals surface area contributed by atoms with Crippen LogP contribution in [0.3, 0.4) is 0 Å². The number of hydrogen-bond donors (Lipinski definition) is 0. The van der Waals surface area contributed by atoms with Crippen LogP contribution in [0.4, 0.5) is 0 Å². The number of hydrogen-bond acceptors (Lipinski definition) is 11. The van der Waals surface area contributed by atoms with Crippen molar-refractivity contribution >= 4 is 0 Å². The Morgan fingerprint density at radius 2 is 0.648 bits per heavy atom. The molecule has 71 heavy (non-hydrogen) atoms. The van der Waals surface area contributed by atoms with Gasteiger partial charge in [0.2, 0.25) is 0 Å². The normalized spacial score (nSPS) is 11.1. The number of nitrogens with zero attached hydrogens (tertiary/aromatic N) is 11. The molecule has 0 fully saturated rings. The predicted octanol–water partition coefficient (Wildman–Crippen LogP) is 12.4. The Morgan fingerprint density at radius 3 is 1.20 bits per heavy atom. The molecule has 0 saturated heterocycles. The fourth-order valence-corrected chi connectivity index (χ4v) is 8.52. The van der Waals surface area contributed by atoms with E-state index in [-0.39, 0.29) is 0 Å². The summed E-state index contributed by atoms with van der Waals surface area (Å²) in [6.45, 7) is 4.01. The summed E-state index contributed by atoms with van der Waals surface area (Å²) in [5.74, 6) is 0. The minimum Gasteiger partial charge on any atom is -0.264 e. The Bertz CT molecular complexity index is 3700. The van der Waals surface area contributed by atoms with Crippen LogP contribution in [0, 0.1) is 13.8 Å². The lowest BCUT2D eigenvalue weighted by atomic mass is 10.0. The minimum atomic E-state index is 0.608. The second-order valence-electron chi connectivity index (χ2n) is 17.4. The van der Waals surface area contributed by atoms with Gasteiger partial charge in [-0.3, -0.25) is 34.9 Å². The Labute approximate surface area is 411 Å². The third kappa shape index (κ3) is 10.4. The van der Waals surface area contributed by atoms with Gasteiger partial charge in [-0.1, -0.05) is 42.5 Å². The fourth-order valence-electron chi connectivity index (χ4n) is 8.52. The van der Waals surface area contributed by atoms with Gasteiger partial charge in [0.1, 0.15) is 0 Å². The minimum absolute atomic E-state index is 0.608. The van der Waals surface area contributed by atoms with Crippen molar-refractivity contribution in [2.24, 2.45) is 0 Å². The molecule has 0 amide bonds. The average molecular weight is 920 g/mol. The van der Waals surface area contributed by atoms with Gasteiger partial charge in [-0.05, 0) is 153 Å². The maximum absolute atomic E-state index is 5.10. The molecule has 0 aliphatic heterocycles. The van der Waals surface area contributed by atoms with Crippen LogP contribution >= 0.6 is 0 Å². The first-order valence-corrected chi connectivity index (χ1v) is 23.4. The fraction of sp³-hybridized carbons (Fsp3) is 0.0833.